The number of β-amino-alcohol motifs (C(OH)–C–C–N with tert-alkyl or cyclic N) is 1. The van der Waals surface area contributed by atoms with Gasteiger partial charge < -0.3 is 10.0 Å². The van der Waals surface area contributed by atoms with Crippen molar-refractivity contribution < 1.29 is 9.90 Å². The minimum Gasteiger partial charge on any atom is -0.382 e. The average molecular weight is 350 g/mol. The first-order valence-electron chi connectivity index (χ1n) is 7.94. The molecule has 1 aliphatic rings. The standard InChI is InChI=1S/C16H20ClN5O2/c1-11(2)22-9-14(19-20-22)16(24)5-3-7-21(10-16)15(23)12-4-6-18-8-13(12)17/h4,6,8-9,11,24H,3,5,7,10H2,1-2H3/t16-/m0/s1. The van der Waals surface area contributed by atoms with Gasteiger partial charge in [-0.05, 0) is 32.8 Å². The predicted molar refractivity (Wildman–Crippen MR) is 88.7 cm³/mol. The molecule has 0 unspecified atom stereocenters. The summed E-state index contributed by atoms with van der Waals surface area (Å²) in [6.45, 7) is 4.72. The molecular weight excluding hydrogens is 330 g/mol. The number of pyridine rings is 1. The highest BCUT2D eigenvalue weighted by Crippen LogP contribution is 2.31. The Morgan fingerprint density at radius 1 is 1.46 bits per heavy atom. The molecule has 0 saturated carbocycles. The van der Waals surface area contributed by atoms with Crippen molar-refractivity contribution in [2.75, 3.05) is 13.1 Å². The summed E-state index contributed by atoms with van der Waals surface area (Å²) in [4.78, 5) is 18.2. The highest BCUT2D eigenvalue weighted by molar-refractivity contribution is 6.33. The summed E-state index contributed by atoms with van der Waals surface area (Å²) in [5.74, 6) is -0.211. The van der Waals surface area contributed by atoms with E-state index in [4.69, 9.17) is 11.6 Å². The van der Waals surface area contributed by atoms with Crippen LogP contribution in [0.5, 0.6) is 0 Å². The molecule has 1 saturated heterocycles. The number of aromatic nitrogens is 4. The lowest BCUT2D eigenvalue weighted by Gasteiger charge is -2.38. The molecule has 0 radical (unpaired) electrons. The Hall–Kier alpha value is -1.99. The number of carbonyl (C=O) groups excluding carboxylic acids is 1. The molecular formula is C16H20ClN5O2. The summed E-state index contributed by atoms with van der Waals surface area (Å²) in [5.41, 5.74) is -0.308. The first kappa shape index (κ1) is 16.9. The Morgan fingerprint density at radius 3 is 2.92 bits per heavy atom. The van der Waals surface area contributed by atoms with E-state index in [1.165, 1.54) is 12.4 Å². The SMILES string of the molecule is CC(C)n1cc([C@]2(O)CCCN(C(=O)c3ccncc3Cl)C2)nn1. The molecule has 1 amide bonds. The van der Waals surface area contributed by atoms with Gasteiger partial charge in [0.15, 0.2) is 0 Å². The molecule has 1 aliphatic heterocycles. The van der Waals surface area contributed by atoms with Gasteiger partial charge in [0.25, 0.3) is 5.91 Å². The van der Waals surface area contributed by atoms with Crippen molar-refractivity contribution in [1.82, 2.24) is 24.9 Å². The van der Waals surface area contributed by atoms with Gasteiger partial charge in [-0.3, -0.25) is 9.78 Å². The van der Waals surface area contributed by atoms with Crippen molar-refractivity contribution >= 4 is 17.5 Å². The van der Waals surface area contributed by atoms with Crippen LogP contribution in [-0.4, -0.2) is 49.0 Å². The van der Waals surface area contributed by atoms with E-state index in [2.05, 4.69) is 15.3 Å². The molecule has 128 valence electrons. The first-order valence-corrected chi connectivity index (χ1v) is 8.32. The highest BCUT2D eigenvalue weighted by atomic mass is 35.5. The number of rotatable bonds is 3. The molecule has 0 spiro atoms. The van der Waals surface area contributed by atoms with Crippen LogP contribution in [0.25, 0.3) is 0 Å². The van der Waals surface area contributed by atoms with Crippen LogP contribution in [0.2, 0.25) is 5.02 Å². The molecule has 1 fully saturated rings. The van der Waals surface area contributed by atoms with Crippen molar-refractivity contribution in [3.63, 3.8) is 0 Å². The van der Waals surface area contributed by atoms with E-state index in [9.17, 15) is 9.90 Å². The lowest BCUT2D eigenvalue weighted by atomic mass is 9.89. The first-order chi connectivity index (χ1) is 11.4. The van der Waals surface area contributed by atoms with Crippen LogP contribution < -0.4 is 0 Å². The second kappa shape index (κ2) is 6.49. The number of aliphatic hydroxyl groups is 1. The van der Waals surface area contributed by atoms with Crippen LogP contribution in [0.3, 0.4) is 0 Å². The molecule has 2 aromatic heterocycles. The van der Waals surface area contributed by atoms with Crippen LogP contribution in [0.1, 0.15) is 48.8 Å². The largest absolute Gasteiger partial charge is 0.382 e. The van der Waals surface area contributed by atoms with E-state index < -0.39 is 5.60 Å². The zero-order valence-electron chi connectivity index (χ0n) is 13.7. The summed E-state index contributed by atoms with van der Waals surface area (Å²) in [6, 6.07) is 1.75. The second-order valence-corrected chi connectivity index (χ2v) is 6.80. The fourth-order valence-corrected chi connectivity index (χ4v) is 3.08. The molecule has 0 aliphatic carbocycles. The van der Waals surface area contributed by atoms with E-state index in [-0.39, 0.29) is 18.5 Å². The summed E-state index contributed by atoms with van der Waals surface area (Å²) in [6.07, 6.45) is 5.94. The number of amides is 1. The van der Waals surface area contributed by atoms with E-state index in [1.54, 1.807) is 21.8 Å². The Morgan fingerprint density at radius 2 is 2.25 bits per heavy atom. The normalized spacial score (nSPS) is 21.3. The van der Waals surface area contributed by atoms with Crippen molar-refractivity contribution in [2.24, 2.45) is 0 Å². The molecule has 24 heavy (non-hydrogen) atoms. The minimum absolute atomic E-state index is 0.159. The number of piperidine rings is 1. The molecule has 3 rings (SSSR count). The Bertz CT molecular complexity index is 748. The predicted octanol–water partition coefficient (Wildman–Crippen LogP) is 2.03. The zero-order valence-corrected chi connectivity index (χ0v) is 14.4. The lowest BCUT2D eigenvalue weighted by Crippen LogP contribution is -2.48. The van der Waals surface area contributed by atoms with Gasteiger partial charge in [0.2, 0.25) is 0 Å². The summed E-state index contributed by atoms with van der Waals surface area (Å²) in [7, 11) is 0. The zero-order chi connectivity index (χ0) is 17.3. The fourth-order valence-electron chi connectivity index (χ4n) is 2.88. The van der Waals surface area contributed by atoms with Crippen LogP contribution in [0, 0.1) is 0 Å². The van der Waals surface area contributed by atoms with E-state index in [0.29, 0.717) is 35.7 Å². The number of hydrogen-bond donors (Lipinski definition) is 1. The molecule has 3 heterocycles. The van der Waals surface area contributed by atoms with Gasteiger partial charge in [-0.15, -0.1) is 5.10 Å². The second-order valence-electron chi connectivity index (χ2n) is 6.39. The smallest absolute Gasteiger partial charge is 0.255 e. The molecule has 0 bridgehead atoms. The number of nitrogens with zero attached hydrogens (tertiary/aromatic N) is 5. The van der Waals surface area contributed by atoms with Gasteiger partial charge in [0.05, 0.1) is 23.3 Å². The third-order valence-corrected chi connectivity index (χ3v) is 4.58. The quantitative estimate of drug-likeness (QED) is 0.916. The highest BCUT2D eigenvalue weighted by Gasteiger charge is 2.39. The molecule has 7 nitrogen and oxygen atoms in total. The van der Waals surface area contributed by atoms with Crippen LogP contribution in [0.15, 0.2) is 24.7 Å². The van der Waals surface area contributed by atoms with Gasteiger partial charge in [-0.2, -0.15) is 0 Å². The van der Waals surface area contributed by atoms with Gasteiger partial charge in [0, 0.05) is 25.0 Å². The topological polar surface area (TPSA) is 84.1 Å². The lowest BCUT2D eigenvalue weighted by molar-refractivity contribution is -0.0320. The van der Waals surface area contributed by atoms with Crippen molar-refractivity contribution in [2.45, 2.75) is 38.3 Å². The van der Waals surface area contributed by atoms with Gasteiger partial charge in [-0.1, -0.05) is 16.8 Å². The number of halogens is 1. The van der Waals surface area contributed by atoms with Crippen LogP contribution in [0.4, 0.5) is 0 Å². The van der Waals surface area contributed by atoms with E-state index in [0.717, 1.165) is 0 Å². The third-order valence-electron chi connectivity index (χ3n) is 4.28. The molecule has 2 aromatic rings. The molecule has 8 heteroatoms. The number of hydrogen-bond acceptors (Lipinski definition) is 5. The Kier molecular flexibility index (Phi) is 4.56. The Labute approximate surface area is 145 Å². The van der Waals surface area contributed by atoms with E-state index in [1.807, 2.05) is 13.8 Å². The van der Waals surface area contributed by atoms with Crippen molar-refractivity contribution in [3.05, 3.63) is 40.9 Å². The maximum atomic E-state index is 12.7. The molecule has 1 N–H and O–H groups in total. The monoisotopic (exact) mass is 349 g/mol. The van der Waals surface area contributed by atoms with Gasteiger partial charge in [0.1, 0.15) is 11.3 Å². The minimum atomic E-state index is -1.19. The van der Waals surface area contributed by atoms with Crippen LogP contribution in [-0.2, 0) is 5.60 Å². The number of likely N-dealkylation sites (tertiary alicyclic amines) is 1. The van der Waals surface area contributed by atoms with Crippen molar-refractivity contribution in [3.8, 4) is 0 Å². The number of carbonyl (C=O) groups is 1. The van der Waals surface area contributed by atoms with Crippen molar-refractivity contribution in [1.29, 1.82) is 0 Å². The van der Waals surface area contributed by atoms with E-state index >= 15 is 0 Å². The van der Waals surface area contributed by atoms with Crippen LogP contribution >= 0.6 is 11.6 Å². The molecule has 0 aromatic carbocycles. The Balaban J connectivity index is 1.83. The summed E-state index contributed by atoms with van der Waals surface area (Å²) < 4.78 is 1.70. The maximum absolute atomic E-state index is 12.7. The summed E-state index contributed by atoms with van der Waals surface area (Å²) >= 11 is 6.07. The summed E-state index contributed by atoms with van der Waals surface area (Å²) in [5, 5.41) is 19.5. The maximum Gasteiger partial charge on any atom is 0.255 e. The van der Waals surface area contributed by atoms with Gasteiger partial charge >= 0.3 is 0 Å². The fraction of sp³-hybridized carbons (Fsp3) is 0.500. The average Bonchev–Trinajstić information content (AvgIpc) is 3.06. The van der Waals surface area contributed by atoms with Gasteiger partial charge in [-0.25, -0.2) is 4.68 Å². The third kappa shape index (κ3) is 3.14. The molecule has 1 atom stereocenters.